The summed E-state index contributed by atoms with van der Waals surface area (Å²) in [4.78, 5) is 13.9. The number of nitrogens with zero attached hydrogens (tertiary/aromatic N) is 2. The van der Waals surface area contributed by atoms with E-state index in [-0.39, 0.29) is 17.7 Å². The molecule has 0 saturated heterocycles. The fourth-order valence-electron chi connectivity index (χ4n) is 1.69. The number of alkyl halides is 6. The van der Waals surface area contributed by atoms with E-state index < -0.39 is 29.0 Å². The first-order valence-electron chi connectivity index (χ1n) is 5.95. The molecule has 0 aliphatic carbocycles. The maximum Gasteiger partial charge on any atom is 0.416 e. The van der Waals surface area contributed by atoms with Crippen LogP contribution in [-0.2, 0) is 17.1 Å². The molecule has 2 rings (SSSR count). The zero-order valence-corrected chi connectivity index (χ0v) is 11.0. The Kier molecular flexibility index (Phi) is 4.26. The third kappa shape index (κ3) is 3.96. The molecule has 1 aromatic heterocycles. The van der Waals surface area contributed by atoms with Crippen molar-refractivity contribution in [2.24, 2.45) is 0 Å². The van der Waals surface area contributed by atoms with Gasteiger partial charge in [0.05, 0.1) is 11.1 Å². The largest absolute Gasteiger partial charge is 0.416 e. The second-order valence-corrected chi connectivity index (χ2v) is 4.33. The van der Waals surface area contributed by atoms with E-state index in [2.05, 4.69) is 15.2 Å². The van der Waals surface area contributed by atoms with Crippen LogP contribution in [0.1, 0.15) is 17.0 Å². The number of allylic oxidation sites excluding steroid dienone is 1. The lowest BCUT2D eigenvalue weighted by atomic mass is 10.0. The minimum Gasteiger partial charge on any atom is -0.299 e. The molecule has 0 aliphatic heterocycles. The van der Waals surface area contributed by atoms with Gasteiger partial charge in [-0.2, -0.15) is 31.4 Å². The van der Waals surface area contributed by atoms with Crippen LogP contribution < -0.4 is 0 Å². The molecule has 0 amide bonds. The van der Waals surface area contributed by atoms with Crippen LogP contribution in [0.3, 0.4) is 0 Å². The number of hydrogen-bond acceptors (Lipinski definition) is 3. The first kappa shape index (κ1) is 16.7. The number of hydrogen-bond donors (Lipinski definition) is 1. The van der Waals surface area contributed by atoms with Gasteiger partial charge in [-0.25, -0.2) is 4.98 Å². The van der Waals surface area contributed by atoms with Crippen LogP contribution in [0.25, 0.3) is 17.5 Å². The SMILES string of the molecule is O=C/C=C\c1nc(-c2cc(C(F)(F)F)cc(C(F)(F)F)c2)n[nH]1. The highest BCUT2D eigenvalue weighted by Gasteiger charge is 2.37. The Bertz CT molecular complexity index is 713. The van der Waals surface area contributed by atoms with Crippen LogP contribution in [0.4, 0.5) is 26.3 Å². The van der Waals surface area contributed by atoms with Crippen LogP contribution in [0.2, 0.25) is 0 Å². The van der Waals surface area contributed by atoms with Crippen molar-refractivity contribution in [1.29, 1.82) is 0 Å². The molecule has 0 saturated carbocycles. The number of aldehydes is 1. The maximum atomic E-state index is 12.8. The monoisotopic (exact) mass is 335 g/mol. The number of H-pyrrole nitrogens is 1. The molecular formula is C13H7F6N3O. The lowest BCUT2D eigenvalue weighted by Crippen LogP contribution is -2.11. The highest BCUT2D eigenvalue weighted by Crippen LogP contribution is 2.38. The van der Waals surface area contributed by atoms with Crippen molar-refractivity contribution in [2.45, 2.75) is 12.4 Å². The Labute approximate surface area is 124 Å². The molecule has 0 aliphatic rings. The summed E-state index contributed by atoms with van der Waals surface area (Å²) in [5.74, 6) is -0.342. The Balaban J connectivity index is 2.55. The van der Waals surface area contributed by atoms with Crippen molar-refractivity contribution in [1.82, 2.24) is 15.2 Å². The molecule has 4 nitrogen and oxygen atoms in total. The van der Waals surface area contributed by atoms with E-state index in [0.717, 1.165) is 6.08 Å². The predicted octanol–water partition coefficient (Wildman–Crippen LogP) is 3.72. The zero-order valence-electron chi connectivity index (χ0n) is 11.0. The molecule has 23 heavy (non-hydrogen) atoms. The zero-order chi connectivity index (χ0) is 17.3. The fraction of sp³-hybridized carbons (Fsp3) is 0.154. The molecule has 122 valence electrons. The predicted molar refractivity (Wildman–Crippen MR) is 66.9 cm³/mol. The second-order valence-electron chi connectivity index (χ2n) is 4.33. The Morgan fingerprint density at radius 3 is 2.00 bits per heavy atom. The summed E-state index contributed by atoms with van der Waals surface area (Å²) in [6, 6.07) is 1.06. The van der Waals surface area contributed by atoms with Gasteiger partial charge >= 0.3 is 12.4 Å². The summed E-state index contributed by atoms with van der Waals surface area (Å²) in [5.41, 5.74) is -3.37. The molecule has 10 heteroatoms. The number of rotatable bonds is 3. The van der Waals surface area contributed by atoms with Crippen LogP contribution in [-0.4, -0.2) is 21.5 Å². The van der Waals surface area contributed by atoms with Crippen molar-refractivity contribution in [2.75, 3.05) is 0 Å². The molecule has 0 fully saturated rings. The van der Waals surface area contributed by atoms with Gasteiger partial charge in [0.15, 0.2) is 5.82 Å². The van der Waals surface area contributed by atoms with E-state index in [1.54, 1.807) is 0 Å². The number of aromatic amines is 1. The highest BCUT2D eigenvalue weighted by molar-refractivity contribution is 5.72. The minimum atomic E-state index is -4.95. The Hall–Kier alpha value is -2.65. The van der Waals surface area contributed by atoms with E-state index in [0.29, 0.717) is 18.4 Å². The van der Waals surface area contributed by atoms with Crippen molar-refractivity contribution >= 4 is 12.4 Å². The average Bonchev–Trinajstić information content (AvgIpc) is 2.91. The quantitative estimate of drug-likeness (QED) is 0.528. The minimum absolute atomic E-state index is 0.0121. The molecular weight excluding hydrogens is 328 g/mol. The van der Waals surface area contributed by atoms with Gasteiger partial charge in [-0.3, -0.25) is 9.89 Å². The average molecular weight is 335 g/mol. The fourth-order valence-corrected chi connectivity index (χ4v) is 1.69. The summed E-state index contributed by atoms with van der Waals surface area (Å²) in [6.07, 6.45) is -7.27. The van der Waals surface area contributed by atoms with Gasteiger partial charge in [-0.05, 0) is 30.4 Å². The van der Waals surface area contributed by atoms with E-state index >= 15 is 0 Å². The summed E-state index contributed by atoms with van der Waals surface area (Å²) in [5, 5.41) is 5.83. The van der Waals surface area contributed by atoms with Crippen LogP contribution in [0, 0.1) is 0 Å². The lowest BCUT2D eigenvalue weighted by molar-refractivity contribution is -0.143. The summed E-state index contributed by atoms with van der Waals surface area (Å²) in [7, 11) is 0. The van der Waals surface area contributed by atoms with E-state index in [9.17, 15) is 31.1 Å². The van der Waals surface area contributed by atoms with Crippen LogP contribution in [0.5, 0.6) is 0 Å². The molecule has 0 unspecified atom stereocenters. The second kappa shape index (κ2) is 5.86. The standard InChI is InChI=1S/C13H7F6N3O/c14-12(15,16)8-4-7(5-9(6-8)13(17,18)19)11-20-10(21-22-11)2-1-3-23/h1-6H,(H,20,21,22)/b2-1-. The topological polar surface area (TPSA) is 58.6 Å². The number of aromatic nitrogens is 3. The van der Waals surface area contributed by atoms with E-state index in [1.807, 2.05) is 0 Å². The maximum absolute atomic E-state index is 12.8. The van der Waals surface area contributed by atoms with Crippen LogP contribution in [0.15, 0.2) is 24.3 Å². The normalized spacial score (nSPS) is 12.8. The van der Waals surface area contributed by atoms with E-state index in [4.69, 9.17) is 0 Å². The molecule has 1 heterocycles. The molecule has 0 atom stereocenters. The third-order valence-corrected chi connectivity index (χ3v) is 2.68. The van der Waals surface area contributed by atoms with Crippen molar-refractivity contribution < 1.29 is 31.1 Å². The lowest BCUT2D eigenvalue weighted by Gasteiger charge is -2.13. The number of nitrogens with one attached hydrogen (secondary N) is 1. The van der Waals surface area contributed by atoms with Gasteiger partial charge in [0.25, 0.3) is 0 Å². The van der Waals surface area contributed by atoms with Crippen molar-refractivity contribution in [3.63, 3.8) is 0 Å². The summed E-state index contributed by atoms with van der Waals surface area (Å²) >= 11 is 0. The van der Waals surface area contributed by atoms with Gasteiger partial charge in [-0.1, -0.05) is 0 Å². The van der Waals surface area contributed by atoms with Gasteiger partial charge in [0.2, 0.25) is 0 Å². The molecule has 2 aromatic rings. The number of benzene rings is 1. The number of carbonyl (C=O) groups excluding carboxylic acids is 1. The van der Waals surface area contributed by atoms with Crippen molar-refractivity contribution in [3.05, 3.63) is 41.2 Å². The van der Waals surface area contributed by atoms with Gasteiger partial charge in [0.1, 0.15) is 12.1 Å². The third-order valence-electron chi connectivity index (χ3n) is 2.68. The molecule has 1 aromatic carbocycles. The molecule has 0 radical (unpaired) electrons. The van der Waals surface area contributed by atoms with Crippen molar-refractivity contribution in [3.8, 4) is 11.4 Å². The Morgan fingerprint density at radius 2 is 1.52 bits per heavy atom. The van der Waals surface area contributed by atoms with E-state index in [1.165, 1.54) is 6.08 Å². The molecule has 1 N–H and O–H groups in total. The van der Waals surface area contributed by atoms with Gasteiger partial charge in [-0.15, -0.1) is 0 Å². The molecule has 0 spiro atoms. The molecule has 0 bridgehead atoms. The van der Waals surface area contributed by atoms with Gasteiger partial charge in [0, 0.05) is 5.56 Å². The summed E-state index contributed by atoms with van der Waals surface area (Å²) < 4.78 is 76.5. The number of carbonyl (C=O) groups is 1. The highest BCUT2D eigenvalue weighted by atomic mass is 19.4. The summed E-state index contributed by atoms with van der Waals surface area (Å²) in [6.45, 7) is 0. The Morgan fingerprint density at radius 1 is 0.957 bits per heavy atom. The van der Waals surface area contributed by atoms with Crippen LogP contribution >= 0.6 is 0 Å². The first-order valence-corrected chi connectivity index (χ1v) is 5.95. The first-order chi connectivity index (χ1) is 10.6. The number of halogens is 6. The van der Waals surface area contributed by atoms with Gasteiger partial charge < -0.3 is 0 Å². The smallest absolute Gasteiger partial charge is 0.299 e.